The highest BCUT2D eigenvalue weighted by molar-refractivity contribution is 5.78. The predicted molar refractivity (Wildman–Crippen MR) is 68.1 cm³/mol. The van der Waals surface area contributed by atoms with Crippen LogP contribution in [0.3, 0.4) is 0 Å². The number of hydrogen-bond donors (Lipinski definition) is 1. The van der Waals surface area contributed by atoms with Crippen molar-refractivity contribution in [3.8, 4) is 0 Å². The highest BCUT2D eigenvalue weighted by Crippen LogP contribution is 2.01. The summed E-state index contributed by atoms with van der Waals surface area (Å²) in [6.07, 6.45) is 1.65. The average Bonchev–Trinajstić information content (AvgIpc) is 2.37. The van der Waals surface area contributed by atoms with Crippen LogP contribution in [0.1, 0.15) is 0 Å². The van der Waals surface area contributed by atoms with E-state index < -0.39 is 0 Å². The molecule has 6 nitrogen and oxygen atoms in total. The molecule has 0 aromatic rings. The van der Waals surface area contributed by atoms with Gasteiger partial charge in [0.2, 0.25) is 11.8 Å². The third-order valence-corrected chi connectivity index (χ3v) is 2.80. The maximum Gasteiger partial charge on any atom is 0.248 e. The number of amides is 2. The first-order valence-corrected chi connectivity index (χ1v) is 6.04. The molecule has 1 heterocycles. The molecular weight excluding hydrogens is 234 g/mol. The molecule has 2 amide bonds. The summed E-state index contributed by atoms with van der Waals surface area (Å²) in [5, 5.41) is 2.73. The van der Waals surface area contributed by atoms with Crippen LogP contribution in [-0.4, -0.2) is 74.6 Å². The first-order valence-electron chi connectivity index (χ1n) is 6.04. The molecule has 18 heavy (non-hydrogen) atoms. The molecule has 0 saturated carbocycles. The van der Waals surface area contributed by atoms with Crippen molar-refractivity contribution in [3.63, 3.8) is 0 Å². The second kappa shape index (κ2) is 7.84. The molecule has 1 aliphatic heterocycles. The van der Waals surface area contributed by atoms with Gasteiger partial charge in [0.05, 0.1) is 6.54 Å². The molecule has 0 atom stereocenters. The molecule has 1 N–H and O–H groups in total. The standard InChI is InChI=1S/C12H21N3O3/c1-3-4-13-11(16)9-14-5-7-15(8-6-14)12(17)10-18-2/h3H,1,4-10H2,2H3,(H,13,16). The largest absolute Gasteiger partial charge is 0.375 e. The smallest absolute Gasteiger partial charge is 0.248 e. The van der Waals surface area contributed by atoms with Gasteiger partial charge in [-0.25, -0.2) is 0 Å². The van der Waals surface area contributed by atoms with Crippen molar-refractivity contribution < 1.29 is 14.3 Å². The summed E-state index contributed by atoms with van der Waals surface area (Å²) in [4.78, 5) is 26.8. The maximum atomic E-state index is 11.6. The van der Waals surface area contributed by atoms with E-state index in [4.69, 9.17) is 4.74 Å². The highest BCUT2D eigenvalue weighted by atomic mass is 16.5. The maximum absolute atomic E-state index is 11.6. The van der Waals surface area contributed by atoms with Crippen LogP contribution in [0, 0.1) is 0 Å². The summed E-state index contributed by atoms with van der Waals surface area (Å²) in [5.41, 5.74) is 0. The zero-order valence-corrected chi connectivity index (χ0v) is 10.9. The summed E-state index contributed by atoms with van der Waals surface area (Å²) in [7, 11) is 1.51. The first-order chi connectivity index (χ1) is 8.67. The Balaban J connectivity index is 2.24. The SMILES string of the molecule is C=CCNC(=O)CN1CCN(C(=O)COC)CC1. The molecule has 0 bridgehead atoms. The monoisotopic (exact) mass is 255 g/mol. The van der Waals surface area contributed by atoms with Gasteiger partial charge in [-0.2, -0.15) is 0 Å². The average molecular weight is 255 g/mol. The summed E-state index contributed by atoms with van der Waals surface area (Å²) in [6.45, 7) is 7.27. The van der Waals surface area contributed by atoms with Crippen molar-refractivity contribution in [2.45, 2.75) is 0 Å². The minimum absolute atomic E-state index is 0.00765. The Morgan fingerprint density at radius 3 is 2.56 bits per heavy atom. The zero-order chi connectivity index (χ0) is 13.4. The van der Waals surface area contributed by atoms with E-state index in [0.717, 1.165) is 13.1 Å². The molecule has 0 aromatic heterocycles. The molecule has 1 rings (SSSR count). The number of hydrogen-bond acceptors (Lipinski definition) is 4. The Morgan fingerprint density at radius 1 is 1.33 bits per heavy atom. The second-order valence-corrected chi connectivity index (χ2v) is 4.18. The molecule has 0 spiro atoms. The molecule has 1 saturated heterocycles. The van der Waals surface area contributed by atoms with Crippen molar-refractivity contribution in [2.75, 3.05) is 53.0 Å². The van der Waals surface area contributed by atoms with E-state index in [1.165, 1.54) is 7.11 Å². The van der Waals surface area contributed by atoms with Crippen LogP contribution < -0.4 is 5.32 Å². The van der Waals surface area contributed by atoms with Gasteiger partial charge < -0.3 is 15.0 Å². The van der Waals surface area contributed by atoms with E-state index in [1.54, 1.807) is 11.0 Å². The zero-order valence-electron chi connectivity index (χ0n) is 10.9. The Morgan fingerprint density at radius 2 is 2.00 bits per heavy atom. The van der Waals surface area contributed by atoms with E-state index in [0.29, 0.717) is 26.2 Å². The van der Waals surface area contributed by atoms with E-state index in [9.17, 15) is 9.59 Å². The molecule has 6 heteroatoms. The van der Waals surface area contributed by atoms with Crippen LogP contribution in [0.4, 0.5) is 0 Å². The minimum atomic E-state index is -0.00781. The third-order valence-electron chi connectivity index (χ3n) is 2.80. The van der Waals surface area contributed by atoms with Gasteiger partial charge in [0, 0.05) is 39.8 Å². The molecular formula is C12H21N3O3. The lowest BCUT2D eigenvalue weighted by atomic mass is 10.3. The van der Waals surface area contributed by atoms with Crippen molar-refractivity contribution in [2.24, 2.45) is 0 Å². The number of piperazine rings is 1. The fourth-order valence-electron chi connectivity index (χ4n) is 1.82. The van der Waals surface area contributed by atoms with Gasteiger partial charge in [0.1, 0.15) is 6.61 Å². The van der Waals surface area contributed by atoms with Crippen molar-refractivity contribution >= 4 is 11.8 Å². The van der Waals surface area contributed by atoms with E-state index in [1.807, 2.05) is 4.90 Å². The fourth-order valence-corrected chi connectivity index (χ4v) is 1.82. The Kier molecular flexibility index (Phi) is 6.38. The number of carbonyl (C=O) groups excluding carboxylic acids is 2. The Hall–Kier alpha value is -1.40. The molecule has 0 aliphatic carbocycles. The van der Waals surface area contributed by atoms with Crippen LogP contribution in [0.25, 0.3) is 0 Å². The van der Waals surface area contributed by atoms with Crippen LogP contribution in [0.5, 0.6) is 0 Å². The van der Waals surface area contributed by atoms with Crippen molar-refractivity contribution in [1.82, 2.24) is 15.1 Å². The summed E-state index contributed by atoms with van der Waals surface area (Å²) in [5.74, 6) is -0.000160. The number of nitrogens with zero attached hydrogens (tertiary/aromatic N) is 2. The van der Waals surface area contributed by atoms with Gasteiger partial charge in [-0.05, 0) is 0 Å². The number of rotatable bonds is 6. The normalized spacial score (nSPS) is 16.4. The van der Waals surface area contributed by atoms with Gasteiger partial charge in [0.15, 0.2) is 0 Å². The molecule has 1 aliphatic rings. The number of methoxy groups -OCH3 is 1. The van der Waals surface area contributed by atoms with Crippen LogP contribution in [0.2, 0.25) is 0 Å². The van der Waals surface area contributed by atoms with E-state index >= 15 is 0 Å². The van der Waals surface area contributed by atoms with Crippen molar-refractivity contribution in [3.05, 3.63) is 12.7 Å². The van der Waals surface area contributed by atoms with Gasteiger partial charge in [-0.3, -0.25) is 14.5 Å². The quantitative estimate of drug-likeness (QED) is 0.624. The number of carbonyl (C=O) groups is 2. The minimum Gasteiger partial charge on any atom is -0.375 e. The summed E-state index contributed by atoms with van der Waals surface area (Å²) >= 11 is 0. The highest BCUT2D eigenvalue weighted by Gasteiger charge is 2.21. The Bertz CT molecular complexity index is 299. The molecule has 0 unspecified atom stereocenters. The molecule has 0 radical (unpaired) electrons. The number of nitrogens with one attached hydrogen (secondary N) is 1. The second-order valence-electron chi connectivity index (χ2n) is 4.18. The van der Waals surface area contributed by atoms with Gasteiger partial charge in [-0.1, -0.05) is 6.08 Å². The van der Waals surface area contributed by atoms with Gasteiger partial charge in [-0.15, -0.1) is 6.58 Å². The lowest BCUT2D eigenvalue weighted by molar-refractivity contribution is -0.137. The lowest BCUT2D eigenvalue weighted by Crippen LogP contribution is -2.51. The van der Waals surface area contributed by atoms with Gasteiger partial charge >= 0.3 is 0 Å². The predicted octanol–water partition coefficient (Wildman–Crippen LogP) is -0.921. The number of ether oxygens (including phenoxy) is 1. The van der Waals surface area contributed by atoms with Crippen LogP contribution in [-0.2, 0) is 14.3 Å². The van der Waals surface area contributed by atoms with E-state index in [2.05, 4.69) is 11.9 Å². The van der Waals surface area contributed by atoms with Crippen LogP contribution >= 0.6 is 0 Å². The molecule has 0 aromatic carbocycles. The third kappa shape index (κ3) is 4.85. The Labute approximate surface area is 108 Å². The summed E-state index contributed by atoms with van der Waals surface area (Å²) < 4.78 is 4.81. The topological polar surface area (TPSA) is 61.9 Å². The lowest BCUT2D eigenvalue weighted by Gasteiger charge is -2.34. The summed E-state index contributed by atoms with van der Waals surface area (Å²) in [6, 6.07) is 0. The van der Waals surface area contributed by atoms with Crippen LogP contribution in [0.15, 0.2) is 12.7 Å². The fraction of sp³-hybridized carbons (Fsp3) is 0.667. The first kappa shape index (κ1) is 14.7. The van der Waals surface area contributed by atoms with Gasteiger partial charge in [0.25, 0.3) is 0 Å². The van der Waals surface area contributed by atoms with E-state index in [-0.39, 0.29) is 18.4 Å². The molecule has 102 valence electrons. The molecule has 1 fully saturated rings. The van der Waals surface area contributed by atoms with Crippen molar-refractivity contribution in [1.29, 1.82) is 0 Å².